The van der Waals surface area contributed by atoms with E-state index in [0.717, 1.165) is 43.7 Å². The lowest BCUT2D eigenvalue weighted by molar-refractivity contribution is -0.139. The van der Waals surface area contributed by atoms with E-state index < -0.39 is 11.5 Å². The molecule has 3 N–H and O–H groups in total. The summed E-state index contributed by atoms with van der Waals surface area (Å²) in [6.45, 7) is 0.842. The molecule has 18 heavy (non-hydrogen) atoms. The number of rotatable bonds is 4. The normalized spacial score (nSPS) is 26.8. The van der Waals surface area contributed by atoms with Crippen molar-refractivity contribution < 1.29 is 14.7 Å². The number of carboxylic acids is 1. The highest BCUT2D eigenvalue weighted by Crippen LogP contribution is 2.32. The van der Waals surface area contributed by atoms with Crippen LogP contribution < -0.4 is 10.6 Å². The van der Waals surface area contributed by atoms with Crippen molar-refractivity contribution in [3.63, 3.8) is 0 Å². The quantitative estimate of drug-likeness (QED) is 0.698. The van der Waals surface area contributed by atoms with E-state index in [4.69, 9.17) is 5.11 Å². The highest BCUT2D eigenvalue weighted by atomic mass is 32.2. The summed E-state index contributed by atoms with van der Waals surface area (Å²) in [4.78, 5) is 23.1. The molecule has 1 aliphatic carbocycles. The fraction of sp³-hybridized carbons (Fsp3) is 0.833. The zero-order chi connectivity index (χ0) is 13.0. The van der Waals surface area contributed by atoms with Crippen LogP contribution in [0.4, 0.5) is 0 Å². The summed E-state index contributed by atoms with van der Waals surface area (Å²) in [6, 6.07) is -0.171. The van der Waals surface area contributed by atoms with Crippen LogP contribution in [0.15, 0.2) is 0 Å². The van der Waals surface area contributed by atoms with Gasteiger partial charge in [-0.15, -0.1) is 0 Å². The van der Waals surface area contributed by atoms with Crippen molar-refractivity contribution in [1.29, 1.82) is 0 Å². The molecular formula is C12H20N2O3S. The third-order valence-electron chi connectivity index (χ3n) is 3.68. The van der Waals surface area contributed by atoms with Crippen LogP contribution in [0.1, 0.15) is 32.1 Å². The van der Waals surface area contributed by atoms with Crippen molar-refractivity contribution in [2.75, 3.05) is 18.1 Å². The smallest absolute Gasteiger partial charge is 0.305 e. The Labute approximate surface area is 111 Å². The average Bonchev–Trinajstić information content (AvgIpc) is 2.77. The Hall–Kier alpha value is -0.750. The average molecular weight is 272 g/mol. The van der Waals surface area contributed by atoms with E-state index in [1.807, 2.05) is 0 Å². The maximum absolute atomic E-state index is 12.2. The number of hydrogen-bond donors (Lipinski definition) is 3. The molecular weight excluding hydrogens is 252 g/mol. The van der Waals surface area contributed by atoms with Crippen molar-refractivity contribution >= 4 is 23.6 Å². The van der Waals surface area contributed by atoms with Crippen molar-refractivity contribution in [3.8, 4) is 0 Å². The fourth-order valence-electron chi connectivity index (χ4n) is 2.77. The molecule has 5 nitrogen and oxygen atoms in total. The highest BCUT2D eigenvalue weighted by molar-refractivity contribution is 7.99. The van der Waals surface area contributed by atoms with Gasteiger partial charge in [0.2, 0.25) is 5.91 Å². The molecule has 0 aromatic rings. The molecule has 1 amide bonds. The number of carboxylic acid groups (broad SMARTS) is 1. The predicted molar refractivity (Wildman–Crippen MR) is 70.7 cm³/mol. The summed E-state index contributed by atoms with van der Waals surface area (Å²) >= 11 is 1.76. The van der Waals surface area contributed by atoms with Crippen molar-refractivity contribution in [3.05, 3.63) is 0 Å². The first-order chi connectivity index (χ1) is 8.61. The Kier molecular flexibility index (Phi) is 4.50. The van der Waals surface area contributed by atoms with Gasteiger partial charge in [0.1, 0.15) is 0 Å². The summed E-state index contributed by atoms with van der Waals surface area (Å²) < 4.78 is 0. The number of hydrogen-bond acceptors (Lipinski definition) is 4. The minimum absolute atomic E-state index is 0.0367. The van der Waals surface area contributed by atoms with E-state index >= 15 is 0 Å². The summed E-state index contributed by atoms with van der Waals surface area (Å²) in [6.07, 6.45) is 3.61. The van der Waals surface area contributed by atoms with Crippen molar-refractivity contribution in [2.45, 2.75) is 43.7 Å². The van der Waals surface area contributed by atoms with Crippen LogP contribution in [-0.4, -0.2) is 46.6 Å². The number of nitrogens with one attached hydrogen (secondary N) is 2. The lowest BCUT2D eigenvalue weighted by Crippen LogP contribution is -2.56. The first-order valence-electron chi connectivity index (χ1n) is 6.46. The molecule has 1 saturated heterocycles. The highest BCUT2D eigenvalue weighted by Gasteiger charge is 2.38. The molecule has 0 aromatic heterocycles. The SMILES string of the molecule is O=C(O)CC1(NC(=O)C2CSCCN2)CCCC1. The minimum atomic E-state index is -0.830. The van der Waals surface area contributed by atoms with Gasteiger partial charge in [0.05, 0.1) is 18.0 Å². The molecule has 0 aromatic carbocycles. The molecule has 6 heteroatoms. The number of thioether (sulfide) groups is 1. The zero-order valence-corrected chi connectivity index (χ0v) is 11.2. The Morgan fingerprint density at radius 1 is 1.39 bits per heavy atom. The maximum Gasteiger partial charge on any atom is 0.305 e. The van der Waals surface area contributed by atoms with Crippen LogP contribution in [0, 0.1) is 0 Å². The van der Waals surface area contributed by atoms with Crippen LogP contribution in [-0.2, 0) is 9.59 Å². The summed E-state index contributed by atoms with van der Waals surface area (Å²) in [5.74, 6) is 0.937. The lowest BCUT2D eigenvalue weighted by Gasteiger charge is -2.32. The van der Waals surface area contributed by atoms with Gasteiger partial charge in [-0.2, -0.15) is 11.8 Å². The van der Waals surface area contributed by atoms with E-state index in [2.05, 4.69) is 10.6 Å². The number of amides is 1. The molecule has 0 bridgehead atoms. The van der Waals surface area contributed by atoms with Gasteiger partial charge in [-0.1, -0.05) is 12.8 Å². The summed E-state index contributed by atoms with van der Waals surface area (Å²) in [5, 5.41) is 15.2. The maximum atomic E-state index is 12.2. The standard InChI is InChI=1S/C12H20N2O3S/c15-10(16)7-12(3-1-2-4-12)14-11(17)9-8-18-6-5-13-9/h9,13H,1-8H2,(H,14,17)(H,15,16). The molecule has 2 rings (SSSR count). The minimum Gasteiger partial charge on any atom is -0.481 e. The largest absolute Gasteiger partial charge is 0.481 e. The molecule has 1 saturated carbocycles. The van der Waals surface area contributed by atoms with Crippen molar-refractivity contribution in [1.82, 2.24) is 10.6 Å². The van der Waals surface area contributed by atoms with Crippen molar-refractivity contribution in [2.24, 2.45) is 0 Å². The predicted octanol–water partition coefficient (Wildman–Crippen LogP) is 0.595. The van der Waals surface area contributed by atoms with E-state index in [1.54, 1.807) is 11.8 Å². The van der Waals surface area contributed by atoms with Crippen LogP contribution >= 0.6 is 11.8 Å². The Morgan fingerprint density at radius 2 is 2.11 bits per heavy atom. The molecule has 2 aliphatic rings. The van der Waals surface area contributed by atoms with Crippen LogP contribution in [0.5, 0.6) is 0 Å². The number of aliphatic carboxylic acids is 1. The van der Waals surface area contributed by atoms with Gasteiger partial charge in [0.15, 0.2) is 0 Å². The molecule has 0 radical (unpaired) electrons. The molecule has 2 fully saturated rings. The van der Waals surface area contributed by atoms with Gasteiger partial charge in [0.25, 0.3) is 0 Å². The van der Waals surface area contributed by atoms with E-state index in [9.17, 15) is 9.59 Å². The Balaban J connectivity index is 1.95. The second-order valence-corrected chi connectivity index (χ2v) is 6.28. The Morgan fingerprint density at radius 3 is 2.67 bits per heavy atom. The third kappa shape index (κ3) is 3.38. The van der Waals surface area contributed by atoms with Gasteiger partial charge < -0.3 is 15.7 Å². The molecule has 0 spiro atoms. The first-order valence-corrected chi connectivity index (χ1v) is 7.62. The lowest BCUT2D eigenvalue weighted by atomic mass is 9.92. The molecule has 1 atom stereocenters. The third-order valence-corrected chi connectivity index (χ3v) is 4.74. The Bertz CT molecular complexity index is 323. The number of carbonyl (C=O) groups excluding carboxylic acids is 1. The summed E-state index contributed by atoms with van der Waals surface area (Å²) in [7, 11) is 0. The van der Waals surface area contributed by atoms with Gasteiger partial charge >= 0.3 is 5.97 Å². The van der Waals surface area contributed by atoms with Gasteiger partial charge in [-0.3, -0.25) is 9.59 Å². The van der Waals surface area contributed by atoms with Gasteiger partial charge in [-0.25, -0.2) is 0 Å². The van der Waals surface area contributed by atoms with Crippen LogP contribution in [0.25, 0.3) is 0 Å². The van der Waals surface area contributed by atoms with Crippen LogP contribution in [0.2, 0.25) is 0 Å². The molecule has 102 valence electrons. The zero-order valence-electron chi connectivity index (χ0n) is 10.4. The van der Waals surface area contributed by atoms with E-state index in [1.165, 1.54) is 0 Å². The molecule has 1 heterocycles. The van der Waals surface area contributed by atoms with E-state index in [0.29, 0.717) is 0 Å². The van der Waals surface area contributed by atoms with Crippen LogP contribution in [0.3, 0.4) is 0 Å². The second-order valence-electron chi connectivity index (χ2n) is 5.13. The topological polar surface area (TPSA) is 78.4 Å². The van der Waals surface area contributed by atoms with Gasteiger partial charge in [-0.05, 0) is 12.8 Å². The van der Waals surface area contributed by atoms with Gasteiger partial charge in [0, 0.05) is 18.1 Å². The molecule has 1 unspecified atom stereocenters. The molecule has 1 aliphatic heterocycles. The van der Waals surface area contributed by atoms with E-state index in [-0.39, 0.29) is 18.4 Å². The number of carbonyl (C=O) groups is 2. The fourth-order valence-corrected chi connectivity index (χ4v) is 3.70. The summed E-state index contributed by atoms with van der Waals surface area (Å²) in [5.41, 5.74) is -0.507. The second kappa shape index (κ2) is 5.93. The monoisotopic (exact) mass is 272 g/mol. The first kappa shape index (κ1) is 13.7.